The lowest BCUT2D eigenvalue weighted by Crippen LogP contribution is -2.15. The first-order valence-electron chi connectivity index (χ1n) is 5.62. The number of alkyl halides is 1. The molecule has 0 aliphatic heterocycles. The van der Waals surface area contributed by atoms with Gasteiger partial charge in [-0.2, -0.15) is 0 Å². The Hall–Kier alpha value is -1.69. The second-order valence-electron chi connectivity index (χ2n) is 3.81. The number of carbonyl (C=O) groups excluding carboxylic acids is 1. The summed E-state index contributed by atoms with van der Waals surface area (Å²) in [6, 6.07) is 1.85. The van der Waals surface area contributed by atoms with Crippen molar-refractivity contribution in [2.75, 3.05) is 6.61 Å². The van der Waals surface area contributed by atoms with Gasteiger partial charge in [-0.05, 0) is 13.0 Å². The number of ether oxygens (including phenoxy) is 1. The number of hydrogen-bond donors (Lipinski definition) is 0. The largest absolute Gasteiger partial charge is 0.465 e. The molecule has 1 aromatic carbocycles. The maximum absolute atomic E-state index is 13.6. The number of aromatic nitrogens is 2. The maximum atomic E-state index is 13.6. The van der Waals surface area contributed by atoms with Crippen LogP contribution in [0.4, 0.5) is 8.78 Å². The number of benzene rings is 1. The predicted octanol–water partition coefficient (Wildman–Crippen LogP) is 2.62. The Morgan fingerprint density at radius 2 is 2.21 bits per heavy atom. The number of esters is 1. The monoisotopic (exact) mass is 288 g/mol. The van der Waals surface area contributed by atoms with Crippen molar-refractivity contribution >= 4 is 28.6 Å². The number of nitrogens with zero attached hydrogens (tertiary/aromatic N) is 2. The molecule has 0 aliphatic rings. The van der Waals surface area contributed by atoms with Gasteiger partial charge in [0.15, 0.2) is 5.82 Å². The first kappa shape index (κ1) is 13.7. The Morgan fingerprint density at radius 1 is 1.47 bits per heavy atom. The fourth-order valence-electron chi connectivity index (χ4n) is 1.81. The number of hydrogen-bond acceptors (Lipinski definition) is 3. The zero-order chi connectivity index (χ0) is 14.0. The van der Waals surface area contributed by atoms with Gasteiger partial charge < -0.3 is 9.30 Å². The van der Waals surface area contributed by atoms with Crippen molar-refractivity contribution in [3.8, 4) is 0 Å². The van der Waals surface area contributed by atoms with E-state index >= 15 is 0 Å². The van der Waals surface area contributed by atoms with Crippen molar-refractivity contribution in [1.29, 1.82) is 0 Å². The molecular weight excluding hydrogens is 278 g/mol. The molecule has 0 radical (unpaired) electrons. The molecule has 102 valence electrons. The molecule has 2 rings (SSSR count). The topological polar surface area (TPSA) is 44.1 Å². The van der Waals surface area contributed by atoms with E-state index < -0.39 is 17.6 Å². The van der Waals surface area contributed by atoms with Crippen LogP contribution in [0.3, 0.4) is 0 Å². The Kier molecular flexibility index (Phi) is 3.99. The van der Waals surface area contributed by atoms with E-state index in [0.29, 0.717) is 0 Å². The highest BCUT2D eigenvalue weighted by Gasteiger charge is 2.17. The van der Waals surface area contributed by atoms with Crippen LogP contribution in [0.25, 0.3) is 11.0 Å². The molecule has 0 spiro atoms. The van der Waals surface area contributed by atoms with Gasteiger partial charge in [-0.25, -0.2) is 13.8 Å². The van der Waals surface area contributed by atoms with E-state index in [4.69, 9.17) is 16.3 Å². The van der Waals surface area contributed by atoms with Gasteiger partial charge in [0.2, 0.25) is 0 Å². The van der Waals surface area contributed by atoms with E-state index in [9.17, 15) is 13.6 Å². The normalized spacial score (nSPS) is 10.9. The van der Waals surface area contributed by atoms with Gasteiger partial charge >= 0.3 is 5.97 Å². The fourth-order valence-corrected chi connectivity index (χ4v) is 2.02. The van der Waals surface area contributed by atoms with Crippen LogP contribution in [-0.4, -0.2) is 22.1 Å². The first-order chi connectivity index (χ1) is 9.06. The van der Waals surface area contributed by atoms with Crippen molar-refractivity contribution in [1.82, 2.24) is 9.55 Å². The summed E-state index contributed by atoms with van der Waals surface area (Å²) in [7, 11) is 0. The molecule has 0 N–H and O–H groups in total. The minimum absolute atomic E-state index is 0.0126. The van der Waals surface area contributed by atoms with Gasteiger partial charge in [0.1, 0.15) is 23.7 Å². The van der Waals surface area contributed by atoms with E-state index in [0.717, 1.165) is 12.1 Å². The molecule has 0 amide bonds. The second-order valence-corrected chi connectivity index (χ2v) is 4.08. The molecule has 4 nitrogen and oxygen atoms in total. The summed E-state index contributed by atoms with van der Waals surface area (Å²) in [6.07, 6.45) is 0. The molecule has 2 aromatic rings. The minimum atomic E-state index is -0.788. The van der Waals surface area contributed by atoms with Crippen LogP contribution < -0.4 is 0 Å². The third-order valence-corrected chi connectivity index (χ3v) is 2.80. The third kappa shape index (κ3) is 2.68. The summed E-state index contributed by atoms with van der Waals surface area (Å²) in [5, 5.41) is 0. The highest BCUT2D eigenvalue weighted by Crippen LogP contribution is 2.22. The standard InChI is InChI=1S/C12H11ClF2N2O2/c1-2-19-11(18)6-17-9-4-7(14)3-8(15)12(9)16-10(17)5-13/h3-4H,2,5-6H2,1H3. The van der Waals surface area contributed by atoms with Crippen LogP contribution in [0.5, 0.6) is 0 Å². The summed E-state index contributed by atoms with van der Waals surface area (Å²) in [6.45, 7) is 1.71. The Labute approximate surface area is 112 Å². The molecule has 1 heterocycles. The summed E-state index contributed by atoms with van der Waals surface area (Å²) in [5.41, 5.74) is 0.169. The molecule has 0 fully saturated rings. The summed E-state index contributed by atoms with van der Waals surface area (Å²) < 4.78 is 33.0. The molecule has 0 bridgehead atoms. The number of carbonyl (C=O) groups is 1. The number of halogens is 3. The Bertz CT molecular complexity index is 628. The van der Waals surface area contributed by atoms with Crippen LogP contribution in [-0.2, 0) is 22.0 Å². The molecule has 0 saturated carbocycles. The lowest BCUT2D eigenvalue weighted by molar-refractivity contribution is -0.143. The average Bonchev–Trinajstić information content (AvgIpc) is 2.68. The zero-order valence-electron chi connectivity index (χ0n) is 10.1. The van der Waals surface area contributed by atoms with E-state index in [1.807, 2.05) is 0 Å². The molecular formula is C12H11ClF2N2O2. The van der Waals surface area contributed by atoms with Crippen LogP contribution in [0, 0.1) is 11.6 Å². The zero-order valence-corrected chi connectivity index (χ0v) is 10.9. The van der Waals surface area contributed by atoms with Gasteiger partial charge in [-0.3, -0.25) is 4.79 Å². The number of fused-ring (bicyclic) bond motifs is 1. The molecule has 7 heteroatoms. The van der Waals surface area contributed by atoms with E-state index in [-0.39, 0.29) is 35.9 Å². The van der Waals surface area contributed by atoms with Crippen molar-refractivity contribution in [3.63, 3.8) is 0 Å². The molecule has 0 atom stereocenters. The lowest BCUT2D eigenvalue weighted by atomic mass is 10.3. The van der Waals surface area contributed by atoms with Gasteiger partial charge in [0.05, 0.1) is 18.0 Å². The highest BCUT2D eigenvalue weighted by atomic mass is 35.5. The van der Waals surface area contributed by atoms with E-state index in [1.165, 1.54) is 4.57 Å². The summed E-state index contributed by atoms with van der Waals surface area (Å²) >= 11 is 5.70. The third-order valence-electron chi connectivity index (χ3n) is 2.56. The SMILES string of the molecule is CCOC(=O)Cn1c(CCl)nc2c(F)cc(F)cc21. The summed E-state index contributed by atoms with van der Waals surface area (Å²) in [5.74, 6) is -1.78. The predicted molar refractivity (Wildman–Crippen MR) is 65.8 cm³/mol. The smallest absolute Gasteiger partial charge is 0.326 e. The van der Waals surface area contributed by atoms with Crippen LogP contribution in [0.1, 0.15) is 12.7 Å². The fraction of sp³-hybridized carbons (Fsp3) is 0.333. The van der Waals surface area contributed by atoms with Crippen LogP contribution >= 0.6 is 11.6 Å². The maximum Gasteiger partial charge on any atom is 0.326 e. The van der Waals surface area contributed by atoms with Crippen molar-refractivity contribution in [2.45, 2.75) is 19.3 Å². The van der Waals surface area contributed by atoms with Crippen molar-refractivity contribution < 1.29 is 18.3 Å². The molecule has 0 unspecified atom stereocenters. The van der Waals surface area contributed by atoms with Gasteiger partial charge in [-0.1, -0.05) is 0 Å². The second kappa shape index (κ2) is 5.52. The number of imidazole rings is 1. The molecule has 0 aliphatic carbocycles. The van der Waals surface area contributed by atoms with E-state index in [1.54, 1.807) is 6.92 Å². The summed E-state index contributed by atoms with van der Waals surface area (Å²) in [4.78, 5) is 15.5. The molecule has 19 heavy (non-hydrogen) atoms. The number of rotatable bonds is 4. The average molecular weight is 289 g/mol. The molecule has 0 saturated heterocycles. The quantitative estimate of drug-likeness (QED) is 0.642. The Morgan fingerprint density at radius 3 is 2.84 bits per heavy atom. The van der Waals surface area contributed by atoms with Crippen LogP contribution in [0.15, 0.2) is 12.1 Å². The molecule has 1 aromatic heterocycles. The Balaban J connectivity index is 2.53. The highest BCUT2D eigenvalue weighted by molar-refractivity contribution is 6.16. The lowest BCUT2D eigenvalue weighted by Gasteiger charge is -2.07. The van der Waals surface area contributed by atoms with Crippen molar-refractivity contribution in [2.24, 2.45) is 0 Å². The van der Waals surface area contributed by atoms with E-state index in [2.05, 4.69) is 4.98 Å². The van der Waals surface area contributed by atoms with Gasteiger partial charge in [0.25, 0.3) is 0 Å². The van der Waals surface area contributed by atoms with Crippen molar-refractivity contribution in [3.05, 3.63) is 29.6 Å². The first-order valence-corrected chi connectivity index (χ1v) is 6.16. The van der Waals surface area contributed by atoms with Gasteiger partial charge in [0, 0.05) is 6.07 Å². The van der Waals surface area contributed by atoms with Gasteiger partial charge in [-0.15, -0.1) is 11.6 Å². The minimum Gasteiger partial charge on any atom is -0.465 e. The van der Waals surface area contributed by atoms with Crippen LogP contribution in [0.2, 0.25) is 0 Å².